The molecule has 1 aliphatic rings. The highest BCUT2D eigenvalue weighted by atomic mass is 35.5. The summed E-state index contributed by atoms with van der Waals surface area (Å²) in [7, 11) is 0. The number of nitro benzene ring substituents is 1. The number of piperazine rings is 1. The zero-order valence-corrected chi connectivity index (χ0v) is 15.4. The number of nitro groups is 1. The van der Waals surface area contributed by atoms with Crippen molar-refractivity contribution >= 4 is 23.5 Å². The van der Waals surface area contributed by atoms with E-state index in [2.05, 4.69) is 41.2 Å². The molecule has 0 atom stereocenters. The van der Waals surface area contributed by atoms with Gasteiger partial charge in [0, 0.05) is 55.4 Å². The molecule has 0 amide bonds. The number of hydrogen-bond acceptors (Lipinski definition) is 5. The van der Waals surface area contributed by atoms with Crippen molar-refractivity contribution in [1.82, 2.24) is 9.91 Å². The van der Waals surface area contributed by atoms with Crippen LogP contribution >= 0.6 is 11.6 Å². The van der Waals surface area contributed by atoms with Crippen LogP contribution in [0.2, 0.25) is 5.02 Å². The molecule has 1 aliphatic heterocycles. The van der Waals surface area contributed by atoms with E-state index in [1.165, 1.54) is 29.3 Å². The molecule has 0 unspecified atom stereocenters. The Morgan fingerprint density at radius 3 is 2.50 bits per heavy atom. The Hall–Kier alpha value is -2.44. The maximum Gasteiger partial charge on any atom is 0.270 e. The fourth-order valence-corrected chi connectivity index (χ4v) is 3.02. The summed E-state index contributed by atoms with van der Waals surface area (Å²) in [6, 6.07) is 13.0. The fraction of sp³-hybridized carbons (Fsp3) is 0.316. The third-order valence-electron chi connectivity index (χ3n) is 4.43. The first-order valence-corrected chi connectivity index (χ1v) is 8.90. The molecule has 1 heterocycles. The Labute approximate surface area is 157 Å². The average Bonchev–Trinajstić information content (AvgIpc) is 2.64. The van der Waals surface area contributed by atoms with Gasteiger partial charge in [0.2, 0.25) is 0 Å². The summed E-state index contributed by atoms with van der Waals surface area (Å²) in [6.45, 7) is 6.51. The minimum absolute atomic E-state index is 0.0127. The smallest absolute Gasteiger partial charge is 0.270 e. The van der Waals surface area contributed by atoms with E-state index in [0.717, 1.165) is 32.7 Å². The lowest BCUT2D eigenvalue weighted by molar-refractivity contribution is -0.384. The van der Waals surface area contributed by atoms with E-state index in [9.17, 15) is 10.1 Å². The maximum absolute atomic E-state index is 10.9. The van der Waals surface area contributed by atoms with Crippen LogP contribution in [0.25, 0.3) is 0 Å². The topological polar surface area (TPSA) is 62.0 Å². The van der Waals surface area contributed by atoms with Crippen molar-refractivity contribution in [3.8, 4) is 0 Å². The molecule has 0 saturated carbocycles. The van der Waals surface area contributed by atoms with Crippen LogP contribution < -0.4 is 0 Å². The van der Waals surface area contributed by atoms with Crippen molar-refractivity contribution in [2.24, 2.45) is 5.10 Å². The molecule has 0 spiro atoms. The van der Waals surface area contributed by atoms with Gasteiger partial charge in [0.25, 0.3) is 5.69 Å². The number of hydrazone groups is 1. The second-order valence-corrected chi connectivity index (χ2v) is 6.83. The Morgan fingerprint density at radius 2 is 1.85 bits per heavy atom. The van der Waals surface area contributed by atoms with Crippen molar-refractivity contribution in [2.75, 3.05) is 26.2 Å². The van der Waals surface area contributed by atoms with E-state index in [0.29, 0.717) is 10.6 Å². The number of aryl methyl sites for hydroxylation is 1. The molecule has 1 fully saturated rings. The highest BCUT2D eigenvalue weighted by Gasteiger charge is 2.16. The second kappa shape index (κ2) is 8.29. The van der Waals surface area contributed by atoms with Crippen molar-refractivity contribution in [2.45, 2.75) is 13.5 Å². The van der Waals surface area contributed by atoms with E-state index in [1.807, 2.05) is 5.01 Å². The summed E-state index contributed by atoms with van der Waals surface area (Å²) in [5.74, 6) is 0. The first-order valence-electron chi connectivity index (χ1n) is 8.52. The molecule has 2 aromatic rings. The largest absolute Gasteiger partial charge is 0.295 e. The molecule has 0 aromatic heterocycles. The van der Waals surface area contributed by atoms with Gasteiger partial charge in [0.1, 0.15) is 0 Å². The summed E-state index contributed by atoms with van der Waals surface area (Å²) < 4.78 is 0. The maximum atomic E-state index is 10.9. The van der Waals surface area contributed by atoms with Crippen LogP contribution in [0, 0.1) is 17.0 Å². The highest BCUT2D eigenvalue weighted by molar-refractivity contribution is 6.33. The van der Waals surface area contributed by atoms with Crippen LogP contribution in [0.1, 0.15) is 16.7 Å². The zero-order valence-electron chi connectivity index (χ0n) is 14.6. The summed E-state index contributed by atoms with van der Waals surface area (Å²) in [5, 5.41) is 17.7. The van der Waals surface area contributed by atoms with Gasteiger partial charge in [-0.05, 0) is 18.6 Å². The van der Waals surface area contributed by atoms with E-state index >= 15 is 0 Å². The van der Waals surface area contributed by atoms with Crippen LogP contribution in [0.5, 0.6) is 0 Å². The molecule has 0 radical (unpaired) electrons. The van der Waals surface area contributed by atoms with Crippen LogP contribution in [0.4, 0.5) is 5.69 Å². The molecule has 3 rings (SSSR count). The lowest BCUT2D eigenvalue weighted by Crippen LogP contribution is -2.43. The molecular formula is C19H21ClN4O2. The predicted molar refractivity (Wildman–Crippen MR) is 104 cm³/mol. The Kier molecular flexibility index (Phi) is 5.85. The molecule has 1 saturated heterocycles. The van der Waals surface area contributed by atoms with Gasteiger partial charge in [-0.25, -0.2) is 0 Å². The Bertz CT molecular complexity index is 800. The predicted octanol–water partition coefficient (Wildman–Crippen LogP) is 3.71. The van der Waals surface area contributed by atoms with E-state index in [4.69, 9.17) is 11.6 Å². The minimum Gasteiger partial charge on any atom is -0.295 e. The van der Waals surface area contributed by atoms with Gasteiger partial charge in [0.05, 0.1) is 11.1 Å². The summed E-state index contributed by atoms with van der Waals surface area (Å²) in [5.41, 5.74) is 3.16. The van der Waals surface area contributed by atoms with Crippen molar-refractivity contribution in [1.29, 1.82) is 0 Å². The van der Waals surface area contributed by atoms with Gasteiger partial charge in [0.15, 0.2) is 0 Å². The van der Waals surface area contributed by atoms with Gasteiger partial charge < -0.3 is 0 Å². The van der Waals surface area contributed by atoms with Gasteiger partial charge in [-0.3, -0.25) is 20.0 Å². The fourth-order valence-electron chi connectivity index (χ4n) is 2.85. The molecule has 0 aliphatic carbocycles. The van der Waals surface area contributed by atoms with Gasteiger partial charge >= 0.3 is 0 Å². The van der Waals surface area contributed by atoms with E-state index in [-0.39, 0.29) is 5.69 Å². The van der Waals surface area contributed by atoms with Gasteiger partial charge in [-0.2, -0.15) is 5.10 Å². The molecule has 7 heteroatoms. The number of halogens is 1. The second-order valence-electron chi connectivity index (χ2n) is 6.42. The van der Waals surface area contributed by atoms with Crippen molar-refractivity contribution in [3.05, 3.63) is 74.3 Å². The SMILES string of the molecule is Cc1ccc(CN2CCN(/N=C/c3cc([N+](=O)[O-])ccc3Cl)CC2)cc1. The summed E-state index contributed by atoms with van der Waals surface area (Å²) in [4.78, 5) is 12.8. The molecule has 0 N–H and O–H groups in total. The molecule has 26 heavy (non-hydrogen) atoms. The average molecular weight is 373 g/mol. The van der Waals surface area contributed by atoms with Crippen LogP contribution in [0.15, 0.2) is 47.6 Å². The normalized spacial score (nSPS) is 15.5. The van der Waals surface area contributed by atoms with Crippen LogP contribution in [-0.2, 0) is 6.54 Å². The molecule has 0 bridgehead atoms. The highest BCUT2D eigenvalue weighted by Crippen LogP contribution is 2.20. The van der Waals surface area contributed by atoms with E-state index < -0.39 is 4.92 Å². The summed E-state index contributed by atoms with van der Waals surface area (Å²) >= 11 is 6.10. The first kappa shape index (κ1) is 18.4. The number of nitrogens with zero attached hydrogens (tertiary/aromatic N) is 4. The lowest BCUT2D eigenvalue weighted by Gasteiger charge is -2.33. The number of non-ortho nitro benzene ring substituents is 1. The van der Waals surface area contributed by atoms with Gasteiger partial charge in [-0.1, -0.05) is 41.4 Å². The third kappa shape index (κ3) is 4.80. The quantitative estimate of drug-likeness (QED) is 0.456. The Balaban J connectivity index is 1.55. The molecular weight excluding hydrogens is 352 g/mol. The standard InChI is InChI=1S/C19H21ClN4O2/c1-15-2-4-16(5-3-15)14-22-8-10-23(11-9-22)21-13-17-12-18(24(25)26)6-7-19(17)20/h2-7,12-13H,8-11,14H2,1H3/b21-13+. The zero-order chi connectivity index (χ0) is 18.5. The third-order valence-corrected chi connectivity index (χ3v) is 4.77. The number of hydrogen-bond donors (Lipinski definition) is 0. The Morgan fingerprint density at radius 1 is 1.15 bits per heavy atom. The van der Waals surface area contributed by atoms with Crippen molar-refractivity contribution < 1.29 is 4.92 Å². The molecule has 2 aromatic carbocycles. The van der Waals surface area contributed by atoms with Gasteiger partial charge in [-0.15, -0.1) is 0 Å². The van der Waals surface area contributed by atoms with Crippen LogP contribution in [0.3, 0.4) is 0 Å². The van der Waals surface area contributed by atoms with Crippen molar-refractivity contribution in [3.63, 3.8) is 0 Å². The number of benzene rings is 2. The monoisotopic (exact) mass is 372 g/mol. The number of rotatable bonds is 5. The minimum atomic E-state index is -0.433. The first-order chi connectivity index (χ1) is 12.5. The lowest BCUT2D eigenvalue weighted by atomic mass is 10.1. The van der Waals surface area contributed by atoms with Crippen LogP contribution in [-0.4, -0.2) is 47.2 Å². The molecule has 136 valence electrons. The summed E-state index contributed by atoms with van der Waals surface area (Å²) in [6.07, 6.45) is 1.60. The van der Waals surface area contributed by atoms with E-state index in [1.54, 1.807) is 6.21 Å². The molecule has 6 nitrogen and oxygen atoms in total.